The van der Waals surface area contributed by atoms with E-state index in [1.807, 2.05) is 19.1 Å². The maximum Gasteiger partial charge on any atom is 0.128 e. The van der Waals surface area contributed by atoms with Crippen molar-refractivity contribution in [2.24, 2.45) is 0 Å². The van der Waals surface area contributed by atoms with Crippen molar-refractivity contribution in [1.82, 2.24) is 5.32 Å². The van der Waals surface area contributed by atoms with Crippen LogP contribution in [0.25, 0.3) is 0 Å². The predicted octanol–water partition coefficient (Wildman–Crippen LogP) is 4.48. The molecule has 0 heterocycles. The van der Waals surface area contributed by atoms with Gasteiger partial charge in [-0.05, 0) is 30.2 Å². The summed E-state index contributed by atoms with van der Waals surface area (Å²) < 4.78 is 14.1. The summed E-state index contributed by atoms with van der Waals surface area (Å²) in [7, 11) is 0. The predicted molar refractivity (Wildman–Crippen MR) is 82.4 cm³/mol. The summed E-state index contributed by atoms with van der Waals surface area (Å²) in [5, 5.41) is 3.39. The van der Waals surface area contributed by atoms with Gasteiger partial charge in [0.2, 0.25) is 0 Å². The number of nitrogens with one attached hydrogen (secondary N) is 1. The fourth-order valence-corrected chi connectivity index (χ4v) is 2.54. The van der Waals surface area contributed by atoms with E-state index in [9.17, 15) is 4.39 Å². The Hall–Kier alpha value is -1.67. The van der Waals surface area contributed by atoms with Crippen LogP contribution in [0.1, 0.15) is 43.0 Å². The Morgan fingerprint density at radius 2 is 1.85 bits per heavy atom. The molecule has 0 radical (unpaired) electrons. The van der Waals surface area contributed by atoms with Gasteiger partial charge in [0.25, 0.3) is 0 Å². The van der Waals surface area contributed by atoms with E-state index in [-0.39, 0.29) is 11.9 Å². The molecule has 0 bridgehead atoms. The van der Waals surface area contributed by atoms with E-state index in [1.54, 1.807) is 6.07 Å². The topological polar surface area (TPSA) is 12.0 Å². The normalized spacial score (nSPS) is 12.3. The minimum atomic E-state index is -0.153. The lowest BCUT2D eigenvalue weighted by molar-refractivity contribution is 0.559. The van der Waals surface area contributed by atoms with Crippen molar-refractivity contribution in [1.29, 1.82) is 0 Å². The van der Waals surface area contributed by atoms with E-state index in [2.05, 4.69) is 36.5 Å². The molecule has 0 aliphatic rings. The maximum absolute atomic E-state index is 14.1. The Kier molecular flexibility index (Phi) is 5.31. The Labute approximate surface area is 120 Å². The molecule has 0 saturated heterocycles. The molecule has 2 rings (SSSR count). The van der Waals surface area contributed by atoms with Crippen LogP contribution in [0.4, 0.5) is 4.39 Å². The van der Waals surface area contributed by atoms with Crippen LogP contribution in [0, 0.1) is 5.82 Å². The fourth-order valence-electron chi connectivity index (χ4n) is 2.54. The highest BCUT2D eigenvalue weighted by Gasteiger charge is 2.16. The van der Waals surface area contributed by atoms with E-state index in [0.29, 0.717) is 5.56 Å². The molecule has 2 aromatic rings. The lowest BCUT2D eigenvalue weighted by Crippen LogP contribution is -2.23. The average molecular weight is 271 g/mol. The third-order valence-electron chi connectivity index (χ3n) is 3.45. The summed E-state index contributed by atoms with van der Waals surface area (Å²) in [6.45, 7) is 5.02. The van der Waals surface area contributed by atoms with Gasteiger partial charge in [-0.25, -0.2) is 4.39 Å². The van der Waals surface area contributed by atoms with Crippen LogP contribution in [-0.4, -0.2) is 6.54 Å². The summed E-state index contributed by atoms with van der Waals surface area (Å²) in [6, 6.07) is 15.4. The van der Waals surface area contributed by atoms with Crippen LogP contribution in [0.5, 0.6) is 0 Å². The lowest BCUT2D eigenvalue weighted by atomic mass is 9.95. The third-order valence-corrected chi connectivity index (χ3v) is 3.45. The van der Waals surface area contributed by atoms with Crippen molar-refractivity contribution in [3.8, 4) is 0 Å². The number of hydrogen-bond donors (Lipinski definition) is 1. The van der Waals surface area contributed by atoms with E-state index in [1.165, 1.54) is 11.6 Å². The second-order valence-corrected chi connectivity index (χ2v) is 5.01. The maximum atomic E-state index is 14.1. The van der Waals surface area contributed by atoms with Gasteiger partial charge in [0.15, 0.2) is 0 Å². The van der Waals surface area contributed by atoms with E-state index in [4.69, 9.17) is 0 Å². The molecular formula is C18H22FN. The quantitative estimate of drug-likeness (QED) is 0.817. The first-order valence-electron chi connectivity index (χ1n) is 7.33. The number of rotatable bonds is 6. The van der Waals surface area contributed by atoms with E-state index >= 15 is 0 Å². The number of hydrogen-bond acceptors (Lipinski definition) is 1. The second kappa shape index (κ2) is 7.20. The summed E-state index contributed by atoms with van der Waals surface area (Å²) in [6.07, 6.45) is 2.18. The zero-order valence-electron chi connectivity index (χ0n) is 12.2. The highest BCUT2D eigenvalue weighted by Crippen LogP contribution is 2.25. The minimum absolute atomic E-state index is 0.0852. The van der Waals surface area contributed by atoms with Crippen LogP contribution in [-0.2, 0) is 6.42 Å². The molecule has 20 heavy (non-hydrogen) atoms. The van der Waals surface area contributed by atoms with Crippen LogP contribution in [0.15, 0.2) is 48.5 Å². The molecule has 0 aromatic heterocycles. The Balaban J connectivity index is 2.38. The summed E-state index contributed by atoms with van der Waals surface area (Å²) in [5.74, 6) is -0.153. The molecule has 1 N–H and O–H groups in total. The number of aryl methyl sites for hydroxylation is 1. The van der Waals surface area contributed by atoms with Crippen LogP contribution >= 0.6 is 0 Å². The molecule has 1 unspecified atom stereocenters. The van der Waals surface area contributed by atoms with Crippen LogP contribution in [0.2, 0.25) is 0 Å². The van der Waals surface area contributed by atoms with Crippen molar-refractivity contribution >= 4 is 0 Å². The molecule has 0 fully saturated rings. The zero-order chi connectivity index (χ0) is 14.4. The van der Waals surface area contributed by atoms with Crippen LogP contribution < -0.4 is 5.32 Å². The molecule has 1 nitrogen and oxygen atoms in total. The van der Waals surface area contributed by atoms with Gasteiger partial charge < -0.3 is 5.32 Å². The molecule has 0 amide bonds. The Bertz CT molecular complexity index is 551. The molecule has 2 aromatic carbocycles. The molecule has 0 aliphatic carbocycles. The van der Waals surface area contributed by atoms with Gasteiger partial charge in [-0.3, -0.25) is 0 Å². The summed E-state index contributed by atoms with van der Waals surface area (Å²) in [5.41, 5.74) is 3.15. The Morgan fingerprint density at radius 1 is 1.05 bits per heavy atom. The van der Waals surface area contributed by atoms with Crippen molar-refractivity contribution in [3.05, 3.63) is 71.0 Å². The highest BCUT2D eigenvalue weighted by molar-refractivity contribution is 5.35. The van der Waals surface area contributed by atoms with Crippen molar-refractivity contribution in [2.75, 3.05) is 6.54 Å². The minimum Gasteiger partial charge on any atom is -0.306 e. The van der Waals surface area contributed by atoms with Gasteiger partial charge in [-0.1, -0.05) is 62.7 Å². The van der Waals surface area contributed by atoms with Gasteiger partial charge in [0.05, 0.1) is 6.04 Å². The van der Waals surface area contributed by atoms with E-state index in [0.717, 1.165) is 24.9 Å². The summed E-state index contributed by atoms with van der Waals surface area (Å²) in [4.78, 5) is 0. The molecule has 1 atom stereocenters. The first kappa shape index (κ1) is 14.7. The third kappa shape index (κ3) is 3.45. The smallest absolute Gasteiger partial charge is 0.128 e. The van der Waals surface area contributed by atoms with Gasteiger partial charge in [0.1, 0.15) is 5.82 Å². The molecular weight excluding hydrogens is 249 g/mol. The first-order chi connectivity index (χ1) is 9.76. The van der Waals surface area contributed by atoms with Crippen LogP contribution in [0.3, 0.4) is 0 Å². The van der Waals surface area contributed by atoms with Gasteiger partial charge in [-0.15, -0.1) is 0 Å². The molecule has 0 aliphatic heterocycles. The second-order valence-electron chi connectivity index (χ2n) is 5.01. The van der Waals surface area contributed by atoms with Gasteiger partial charge >= 0.3 is 0 Å². The van der Waals surface area contributed by atoms with Gasteiger partial charge in [-0.2, -0.15) is 0 Å². The average Bonchev–Trinajstić information content (AvgIpc) is 2.46. The SMILES string of the molecule is CCCc1cccc(C(NCC)c2ccccc2F)c1. The molecule has 0 saturated carbocycles. The Morgan fingerprint density at radius 3 is 2.55 bits per heavy atom. The molecule has 0 spiro atoms. The van der Waals surface area contributed by atoms with Gasteiger partial charge in [0, 0.05) is 5.56 Å². The highest BCUT2D eigenvalue weighted by atomic mass is 19.1. The number of halogens is 1. The monoisotopic (exact) mass is 271 g/mol. The largest absolute Gasteiger partial charge is 0.306 e. The summed E-state index contributed by atoms with van der Waals surface area (Å²) >= 11 is 0. The van der Waals surface area contributed by atoms with E-state index < -0.39 is 0 Å². The molecule has 2 heteroatoms. The van der Waals surface area contributed by atoms with Crippen molar-refractivity contribution < 1.29 is 4.39 Å². The first-order valence-corrected chi connectivity index (χ1v) is 7.33. The standard InChI is InChI=1S/C18H22FN/c1-3-8-14-9-7-10-15(13-14)18(20-4-2)16-11-5-6-12-17(16)19/h5-7,9-13,18,20H,3-4,8H2,1-2H3. The zero-order valence-corrected chi connectivity index (χ0v) is 12.2. The molecule has 106 valence electrons. The number of benzene rings is 2. The van der Waals surface area contributed by atoms with Crippen molar-refractivity contribution in [2.45, 2.75) is 32.7 Å². The lowest BCUT2D eigenvalue weighted by Gasteiger charge is -2.20. The van der Waals surface area contributed by atoms with Crippen molar-refractivity contribution in [3.63, 3.8) is 0 Å². The fraction of sp³-hybridized carbons (Fsp3) is 0.333.